The maximum Gasteiger partial charge on any atom is 0.335 e. The fraction of sp³-hybridized carbons (Fsp3) is 0.167. The van der Waals surface area contributed by atoms with Gasteiger partial charge in [0.25, 0.3) is 0 Å². The Bertz CT molecular complexity index is 1350. The number of carbonyl (C=O) groups is 2. The van der Waals surface area contributed by atoms with Crippen LogP contribution < -0.4 is 14.2 Å². The number of anilines is 1. The summed E-state index contributed by atoms with van der Waals surface area (Å²) in [5, 5.41) is 19.6. The molecule has 0 bridgehead atoms. The number of sulfonamides is 1. The summed E-state index contributed by atoms with van der Waals surface area (Å²) in [5.41, 5.74) is 1.88. The van der Waals surface area contributed by atoms with Gasteiger partial charge in [-0.15, -0.1) is 0 Å². The largest absolute Gasteiger partial charge is 0.489 e. The van der Waals surface area contributed by atoms with Crippen molar-refractivity contribution in [1.29, 1.82) is 0 Å². The number of carboxylic acids is 1. The third kappa shape index (κ3) is 5.19. The monoisotopic (exact) mass is 483 g/mol. The molecular weight excluding hydrogens is 462 g/mol. The number of carbonyl (C=O) groups excluding carboxylic acids is 1. The van der Waals surface area contributed by atoms with Gasteiger partial charge in [-0.3, -0.25) is 9.52 Å². The van der Waals surface area contributed by atoms with Crippen LogP contribution in [0.5, 0.6) is 11.5 Å². The second-order valence-electron chi connectivity index (χ2n) is 7.80. The van der Waals surface area contributed by atoms with E-state index in [1.807, 2.05) is 0 Å². The Morgan fingerprint density at radius 2 is 1.82 bits per heavy atom. The van der Waals surface area contributed by atoms with Crippen molar-refractivity contribution >= 4 is 27.5 Å². The fourth-order valence-corrected chi connectivity index (χ4v) is 4.20. The molecule has 2 atom stereocenters. The van der Waals surface area contributed by atoms with Crippen molar-refractivity contribution in [3.05, 3.63) is 89.0 Å². The Kier molecular flexibility index (Phi) is 6.27. The highest BCUT2D eigenvalue weighted by atomic mass is 32.2. The minimum atomic E-state index is -3.44. The van der Waals surface area contributed by atoms with Gasteiger partial charge in [-0.05, 0) is 47.5 Å². The maximum atomic E-state index is 13.1. The topological polar surface area (TPSA) is 139 Å². The Morgan fingerprint density at radius 3 is 2.50 bits per heavy atom. The summed E-state index contributed by atoms with van der Waals surface area (Å²) < 4.78 is 36.4. The first-order chi connectivity index (χ1) is 16.1. The van der Waals surface area contributed by atoms with Crippen molar-refractivity contribution in [2.24, 2.45) is 0 Å². The molecule has 0 aliphatic carbocycles. The van der Waals surface area contributed by atoms with Gasteiger partial charge < -0.3 is 19.7 Å². The molecule has 10 heteroatoms. The Labute approximate surface area is 195 Å². The molecule has 34 heavy (non-hydrogen) atoms. The molecule has 0 fully saturated rings. The second kappa shape index (κ2) is 9.16. The van der Waals surface area contributed by atoms with E-state index in [-0.39, 0.29) is 29.3 Å². The smallest absolute Gasteiger partial charge is 0.335 e. The van der Waals surface area contributed by atoms with E-state index in [1.165, 1.54) is 30.3 Å². The van der Waals surface area contributed by atoms with Gasteiger partial charge in [0, 0.05) is 11.8 Å². The molecule has 3 aromatic rings. The van der Waals surface area contributed by atoms with Gasteiger partial charge in [-0.25, -0.2) is 13.2 Å². The molecule has 0 saturated heterocycles. The summed E-state index contributed by atoms with van der Waals surface area (Å²) in [5.74, 6) is -1.81. The minimum absolute atomic E-state index is 0.104. The zero-order valence-electron chi connectivity index (χ0n) is 18.0. The number of hydrogen-bond acceptors (Lipinski definition) is 7. The van der Waals surface area contributed by atoms with E-state index in [0.717, 1.165) is 6.26 Å². The standard InChI is InChI=1S/C24H21NO8S/c1-34(30,31)25-17-7-5-15(6-8-17)21-22(26)19-10-9-18(12-20(19)33-24(21)29)32-13-14-3-2-4-16(11-14)23(27)28/h2-12,21,24-25,29H,13H2,1H3,(H,27,28). The number of carboxylic acid groups (broad SMARTS) is 1. The summed E-state index contributed by atoms with van der Waals surface area (Å²) >= 11 is 0. The number of fused-ring (bicyclic) bond motifs is 1. The van der Waals surface area contributed by atoms with Crippen LogP contribution in [-0.4, -0.2) is 42.9 Å². The third-order valence-electron chi connectivity index (χ3n) is 5.19. The van der Waals surface area contributed by atoms with Crippen molar-refractivity contribution in [1.82, 2.24) is 0 Å². The van der Waals surface area contributed by atoms with E-state index in [1.54, 1.807) is 36.4 Å². The first-order valence-electron chi connectivity index (χ1n) is 10.2. The average molecular weight is 483 g/mol. The van der Waals surface area contributed by atoms with Gasteiger partial charge in [0.1, 0.15) is 24.0 Å². The molecule has 0 saturated carbocycles. The quantitative estimate of drug-likeness (QED) is 0.466. The van der Waals surface area contributed by atoms with Crippen LogP contribution in [0.2, 0.25) is 0 Å². The van der Waals surface area contributed by atoms with Crippen molar-refractivity contribution in [3.8, 4) is 11.5 Å². The number of rotatable bonds is 7. The number of ketones is 1. The van der Waals surface area contributed by atoms with Gasteiger partial charge in [-0.1, -0.05) is 24.3 Å². The van der Waals surface area contributed by atoms with Crippen LogP contribution in [-0.2, 0) is 16.6 Å². The van der Waals surface area contributed by atoms with E-state index in [0.29, 0.717) is 22.6 Å². The second-order valence-corrected chi connectivity index (χ2v) is 9.55. The van der Waals surface area contributed by atoms with Crippen molar-refractivity contribution < 1.29 is 37.7 Å². The third-order valence-corrected chi connectivity index (χ3v) is 5.79. The zero-order valence-corrected chi connectivity index (χ0v) is 18.8. The average Bonchev–Trinajstić information content (AvgIpc) is 2.78. The molecular formula is C24H21NO8S. The lowest BCUT2D eigenvalue weighted by Gasteiger charge is -2.29. The van der Waals surface area contributed by atoms with E-state index >= 15 is 0 Å². The Hall–Kier alpha value is -3.89. The highest BCUT2D eigenvalue weighted by Crippen LogP contribution is 2.38. The number of hydrogen-bond donors (Lipinski definition) is 3. The molecule has 3 aromatic carbocycles. The summed E-state index contributed by atoms with van der Waals surface area (Å²) in [7, 11) is -3.44. The molecule has 2 unspecified atom stereocenters. The van der Waals surface area contributed by atoms with Crippen LogP contribution in [0.25, 0.3) is 0 Å². The van der Waals surface area contributed by atoms with Gasteiger partial charge in [0.2, 0.25) is 16.3 Å². The van der Waals surface area contributed by atoms with Gasteiger partial charge in [0.05, 0.1) is 17.4 Å². The molecule has 1 aliphatic heterocycles. The lowest BCUT2D eigenvalue weighted by atomic mass is 9.87. The summed E-state index contributed by atoms with van der Waals surface area (Å²) in [6.07, 6.45) is -0.415. The number of nitrogens with one attached hydrogen (secondary N) is 1. The van der Waals surface area contributed by atoms with Crippen LogP contribution in [0.15, 0.2) is 66.7 Å². The number of aromatic carboxylic acids is 1. The minimum Gasteiger partial charge on any atom is -0.489 e. The molecule has 9 nitrogen and oxygen atoms in total. The van der Waals surface area contributed by atoms with Crippen molar-refractivity contribution in [3.63, 3.8) is 0 Å². The van der Waals surface area contributed by atoms with Crippen LogP contribution in [0.3, 0.4) is 0 Å². The van der Waals surface area contributed by atoms with E-state index in [2.05, 4.69) is 4.72 Å². The summed E-state index contributed by atoms with van der Waals surface area (Å²) in [4.78, 5) is 24.2. The lowest BCUT2D eigenvalue weighted by molar-refractivity contribution is -0.0387. The first kappa shape index (κ1) is 23.3. The molecule has 4 rings (SSSR count). The van der Waals surface area contributed by atoms with Crippen LogP contribution >= 0.6 is 0 Å². The van der Waals surface area contributed by atoms with Crippen LogP contribution in [0.1, 0.15) is 37.8 Å². The first-order valence-corrected chi connectivity index (χ1v) is 12.1. The maximum absolute atomic E-state index is 13.1. The van der Waals surface area contributed by atoms with E-state index in [9.17, 15) is 23.1 Å². The number of aliphatic hydroxyl groups excluding tert-OH is 1. The normalized spacial score (nSPS) is 17.4. The highest BCUT2D eigenvalue weighted by Gasteiger charge is 2.37. The molecule has 3 N–H and O–H groups in total. The number of Topliss-reactive ketones (excluding diaryl/α,β-unsaturated/α-hetero) is 1. The van der Waals surface area contributed by atoms with Crippen molar-refractivity contribution in [2.75, 3.05) is 11.0 Å². The van der Waals surface area contributed by atoms with Gasteiger partial charge in [0.15, 0.2) is 5.78 Å². The zero-order chi connectivity index (χ0) is 24.5. The Morgan fingerprint density at radius 1 is 1.09 bits per heavy atom. The van der Waals surface area contributed by atoms with Crippen molar-refractivity contribution in [2.45, 2.75) is 18.8 Å². The van der Waals surface area contributed by atoms with Crippen LogP contribution in [0, 0.1) is 0 Å². The number of aliphatic hydroxyl groups is 1. The van der Waals surface area contributed by atoms with Gasteiger partial charge in [-0.2, -0.15) is 0 Å². The summed E-state index contributed by atoms with van der Waals surface area (Å²) in [6.45, 7) is 0.104. The van der Waals surface area contributed by atoms with E-state index in [4.69, 9.17) is 14.6 Å². The molecule has 0 spiro atoms. The molecule has 176 valence electrons. The molecule has 0 radical (unpaired) electrons. The van der Waals surface area contributed by atoms with E-state index < -0.39 is 28.2 Å². The molecule has 1 heterocycles. The molecule has 0 aromatic heterocycles. The number of benzene rings is 3. The molecule has 0 amide bonds. The molecule has 1 aliphatic rings. The fourth-order valence-electron chi connectivity index (χ4n) is 3.64. The van der Waals surface area contributed by atoms with Gasteiger partial charge >= 0.3 is 5.97 Å². The highest BCUT2D eigenvalue weighted by molar-refractivity contribution is 7.92. The summed E-state index contributed by atoms with van der Waals surface area (Å²) in [6, 6.07) is 17.1. The predicted octanol–water partition coefficient (Wildman–Crippen LogP) is 3.01. The lowest BCUT2D eigenvalue weighted by Crippen LogP contribution is -2.35. The van der Waals surface area contributed by atoms with Crippen LogP contribution in [0.4, 0.5) is 5.69 Å². The number of ether oxygens (including phenoxy) is 2. The SMILES string of the molecule is CS(=O)(=O)Nc1ccc(C2C(=O)c3ccc(OCc4cccc(C(=O)O)c4)cc3OC2O)cc1. The Balaban J connectivity index is 1.50. The predicted molar refractivity (Wildman–Crippen MR) is 123 cm³/mol.